The minimum atomic E-state index is -0.549. The van der Waals surface area contributed by atoms with Crippen LogP contribution in [0.5, 0.6) is 0 Å². The van der Waals surface area contributed by atoms with Gasteiger partial charge in [0.1, 0.15) is 0 Å². The quantitative estimate of drug-likeness (QED) is 0.563. The normalized spacial score (nSPS) is 19.0. The number of nitrogens with zero attached hydrogens (tertiary/aromatic N) is 2. The molecular formula is C14H29N3O. The first kappa shape index (κ1) is 15.3. The fraction of sp³-hybridized carbons (Fsp3) is 0.929. The van der Waals surface area contributed by atoms with Crippen molar-refractivity contribution >= 4 is 5.96 Å². The molecule has 1 rings (SSSR count). The first-order valence-electron chi connectivity index (χ1n) is 7.33. The molecule has 0 aromatic rings. The highest BCUT2D eigenvalue weighted by molar-refractivity contribution is 5.79. The number of hydrogen-bond acceptors (Lipinski definition) is 2. The van der Waals surface area contributed by atoms with Crippen molar-refractivity contribution < 1.29 is 5.11 Å². The molecule has 0 spiro atoms. The summed E-state index contributed by atoms with van der Waals surface area (Å²) < 4.78 is 0. The Labute approximate surface area is 111 Å². The molecule has 0 aromatic heterocycles. The summed E-state index contributed by atoms with van der Waals surface area (Å²) in [6.07, 6.45) is 6.42. The van der Waals surface area contributed by atoms with Crippen molar-refractivity contribution in [1.82, 2.24) is 10.2 Å². The SMILES string of the molecule is CCCCN(C)C(=NCC1(O)CCCC1)NCC. The number of aliphatic imine (C=N–C) groups is 1. The number of unbranched alkanes of at least 4 members (excludes halogenated alkanes) is 1. The van der Waals surface area contributed by atoms with Gasteiger partial charge >= 0.3 is 0 Å². The largest absolute Gasteiger partial charge is 0.388 e. The molecule has 1 aliphatic carbocycles. The molecule has 1 aliphatic rings. The van der Waals surface area contributed by atoms with Crippen LogP contribution in [0.1, 0.15) is 52.4 Å². The van der Waals surface area contributed by atoms with Crippen LogP contribution in [0.15, 0.2) is 4.99 Å². The van der Waals surface area contributed by atoms with E-state index in [0.29, 0.717) is 6.54 Å². The van der Waals surface area contributed by atoms with Crippen LogP contribution in [0, 0.1) is 0 Å². The lowest BCUT2D eigenvalue weighted by atomic mass is 10.0. The molecule has 0 bridgehead atoms. The van der Waals surface area contributed by atoms with Crippen LogP contribution in [-0.2, 0) is 0 Å². The molecule has 18 heavy (non-hydrogen) atoms. The number of hydrogen-bond donors (Lipinski definition) is 2. The zero-order valence-electron chi connectivity index (χ0n) is 12.2. The maximum Gasteiger partial charge on any atom is 0.193 e. The van der Waals surface area contributed by atoms with Crippen molar-refractivity contribution in [3.05, 3.63) is 0 Å². The molecule has 0 aliphatic heterocycles. The lowest BCUT2D eigenvalue weighted by Crippen LogP contribution is -2.41. The average Bonchev–Trinajstić information content (AvgIpc) is 2.79. The van der Waals surface area contributed by atoms with Gasteiger partial charge in [0.15, 0.2) is 5.96 Å². The van der Waals surface area contributed by atoms with Gasteiger partial charge < -0.3 is 15.3 Å². The Balaban J connectivity index is 2.53. The fourth-order valence-corrected chi connectivity index (χ4v) is 2.38. The van der Waals surface area contributed by atoms with Crippen LogP contribution < -0.4 is 5.32 Å². The monoisotopic (exact) mass is 255 g/mol. The molecule has 1 saturated carbocycles. The molecule has 4 heteroatoms. The van der Waals surface area contributed by atoms with Crippen LogP contribution >= 0.6 is 0 Å². The molecule has 1 fully saturated rings. The third-order valence-corrected chi connectivity index (χ3v) is 3.60. The summed E-state index contributed by atoms with van der Waals surface area (Å²) in [5.74, 6) is 0.922. The van der Waals surface area contributed by atoms with Gasteiger partial charge in [0.05, 0.1) is 12.1 Å². The minimum absolute atomic E-state index is 0.534. The number of guanidine groups is 1. The topological polar surface area (TPSA) is 47.9 Å². The Morgan fingerprint density at radius 1 is 1.33 bits per heavy atom. The second-order valence-corrected chi connectivity index (χ2v) is 5.38. The Bertz CT molecular complexity index is 260. The molecule has 2 N–H and O–H groups in total. The minimum Gasteiger partial charge on any atom is -0.388 e. The third-order valence-electron chi connectivity index (χ3n) is 3.60. The summed E-state index contributed by atoms with van der Waals surface area (Å²) in [5, 5.41) is 13.6. The summed E-state index contributed by atoms with van der Waals surface area (Å²) in [4.78, 5) is 6.76. The second-order valence-electron chi connectivity index (χ2n) is 5.38. The summed E-state index contributed by atoms with van der Waals surface area (Å²) in [6, 6.07) is 0. The van der Waals surface area contributed by atoms with Crippen molar-refractivity contribution in [2.75, 3.05) is 26.7 Å². The smallest absolute Gasteiger partial charge is 0.193 e. The second kappa shape index (κ2) is 7.62. The van der Waals surface area contributed by atoms with E-state index in [4.69, 9.17) is 0 Å². The summed E-state index contributed by atoms with van der Waals surface area (Å²) in [5.41, 5.74) is -0.549. The maximum atomic E-state index is 10.3. The highest BCUT2D eigenvalue weighted by Gasteiger charge is 2.30. The van der Waals surface area contributed by atoms with Gasteiger partial charge in [0.2, 0.25) is 0 Å². The Kier molecular flexibility index (Phi) is 6.47. The average molecular weight is 255 g/mol. The Morgan fingerprint density at radius 2 is 2.00 bits per heavy atom. The van der Waals surface area contributed by atoms with Crippen LogP contribution in [0.4, 0.5) is 0 Å². The standard InChI is InChI=1S/C14H29N3O/c1-4-6-11-17(3)13(15-5-2)16-12-14(18)9-7-8-10-14/h18H,4-12H2,1-3H3,(H,15,16). The van der Waals surface area contributed by atoms with E-state index in [1.165, 1.54) is 12.8 Å². The first-order chi connectivity index (χ1) is 8.61. The van der Waals surface area contributed by atoms with Crippen molar-refractivity contribution in [2.45, 2.75) is 58.0 Å². The van der Waals surface area contributed by atoms with Crippen LogP contribution in [0.3, 0.4) is 0 Å². The van der Waals surface area contributed by atoms with Gasteiger partial charge in [-0.2, -0.15) is 0 Å². The van der Waals surface area contributed by atoms with E-state index in [9.17, 15) is 5.11 Å². The van der Waals surface area contributed by atoms with Gasteiger partial charge in [-0.15, -0.1) is 0 Å². The molecular weight excluding hydrogens is 226 g/mol. The number of nitrogens with one attached hydrogen (secondary N) is 1. The zero-order valence-corrected chi connectivity index (χ0v) is 12.2. The van der Waals surface area contributed by atoms with Crippen molar-refractivity contribution in [1.29, 1.82) is 0 Å². The van der Waals surface area contributed by atoms with Gasteiger partial charge in [-0.3, -0.25) is 4.99 Å². The highest BCUT2D eigenvalue weighted by Crippen LogP contribution is 2.29. The molecule has 0 radical (unpaired) electrons. The molecule has 0 unspecified atom stereocenters. The van der Waals surface area contributed by atoms with E-state index >= 15 is 0 Å². The fourth-order valence-electron chi connectivity index (χ4n) is 2.38. The number of rotatable bonds is 6. The third kappa shape index (κ3) is 4.84. The van der Waals surface area contributed by atoms with Crippen LogP contribution in [0.25, 0.3) is 0 Å². The van der Waals surface area contributed by atoms with Crippen LogP contribution in [-0.4, -0.2) is 48.2 Å². The van der Waals surface area contributed by atoms with Gasteiger partial charge in [0, 0.05) is 20.1 Å². The molecule has 0 aromatic carbocycles. The molecule has 0 amide bonds. The van der Waals surface area contributed by atoms with E-state index in [1.807, 2.05) is 0 Å². The van der Waals surface area contributed by atoms with E-state index in [2.05, 4.69) is 36.1 Å². The van der Waals surface area contributed by atoms with E-state index in [1.54, 1.807) is 0 Å². The lowest BCUT2D eigenvalue weighted by Gasteiger charge is -2.24. The van der Waals surface area contributed by atoms with Gasteiger partial charge in [-0.1, -0.05) is 26.2 Å². The van der Waals surface area contributed by atoms with Crippen molar-refractivity contribution in [3.63, 3.8) is 0 Å². The van der Waals surface area contributed by atoms with Gasteiger partial charge in [-0.25, -0.2) is 0 Å². The van der Waals surface area contributed by atoms with Crippen molar-refractivity contribution in [2.24, 2.45) is 4.99 Å². The van der Waals surface area contributed by atoms with Gasteiger partial charge in [0.25, 0.3) is 0 Å². The summed E-state index contributed by atoms with van der Waals surface area (Å²) in [7, 11) is 2.07. The molecule has 4 nitrogen and oxygen atoms in total. The Hall–Kier alpha value is -0.770. The molecule has 106 valence electrons. The van der Waals surface area contributed by atoms with Crippen molar-refractivity contribution in [3.8, 4) is 0 Å². The zero-order chi connectivity index (χ0) is 13.4. The summed E-state index contributed by atoms with van der Waals surface area (Å²) in [6.45, 7) is 6.69. The predicted octanol–water partition coefficient (Wildman–Crippen LogP) is 1.99. The van der Waals surface area contributed by atoms with E-state index < -0.39 is 5.60 Å². The predicted molar refractivity (Wildman–Crippen MR) is 76.9 cm³/mol. The van der Waals surface area contributed by atoms with E-state index in [-0.39, 0.29) is 0 Å². The lowest BCUT2D eigenvalue weighted by molar-refractivity contribution is 0.0572. The summed E-state index contributed by atoms with van der Waals surface area (Å²) >= 11 is 0. The van der Waals surface area contributed by atoms with E-state index in [0.717, 1.165) is 44.7 Å². The molecule has 0 saturated heterocycles. The van der Waals surface area contributed by atoms with Gasteiger partial charge in [-0.05, 0) is 26.2 Å². The Morgan fingerprint density at radius 3 is 2.56 bits per heavy atom. The first-order valence-corrected chi connectivity index (χ1v) is 7.33. The highest BCUT2D eigenvalue weighted by atomic mass is 16.3. The molecule has 0 atom stereocenters. The maximum absolute atomic E-state index is 10.3. The number of aliphatic hydroxyl groups is 1. The molecule has 0 heterocycles. The van der Waals surface area contributed by atoms with Crippen LogP contribution in [0.2, 0.25) is 0 Å².